The van der Waals surface area contributed by atoms with E-state index in [0.717, 1.165) is 48.3 Å². The van der Waals surface area contributed by atoms with Crippen molar-refractivity contribution in [3.05, 3.63) is 74.4 Å². The minimum absolute atomic E-state index is 0.495. The first-order chi connectivity index (χ1) is 25.4. The molecule has 55 heavy (non-hydrogen) atoms. The third kappa shape index (κ3) is 22.5. The quantitative estimate of drug-likeness (QED) is 0.0996. The van der Waals surface area contributed by atoms with E-state index >= 15 is 0 Å². The van der Waals surface area contributed by atoms with Gasteiger partial charge in [0.05, 0.1) is 0 Å². The zero-order chi connectivity index (χ0) is 43.7. The maximum absolute atomic E-state index is 5.59. The van der Waals surface area contributed by atoms with Crippen molar-refractivity contribution in [1.82, 2.24) is 0 Å². The van der Waals surface area contributed by atoms with Gasteiger partial charge < -0.3 is 0 Å². The molecule has 0 nitrogen and oxygen atoms in total. The number of allylic oxidation sites excluding steroid dienone is 6. The Kier molecular flexibility index (Phi) is 30.5. The van der Waals surface area contributed by atoms with E-state index in [2.05, 4.69) is 141 Å². The van der Waals surface area contributed by atoms with Gasteiger partial charge in [0, 0.05) is 6.42 Å². The van der Waals surface area contributed by atoms with Crippen molar-refractivity contribution in [3.8, 4) is 12.3 Å². The minimum atomic E-state index is 0.495. The molecule has 0 heteroatoms. The van der Waals surface area contributed by atoms with E-state index in [0.29, 0.717) is 34.0 Å². The van der Waals surface area contributed by atoms with Crippen LogP contribution in [0.5, 0.6) is 0 Å². The molecule has 3 aliphatic rings. The zero-order valence-electron chi connectivity index (χ0n) is 40.7. The highest BCUT2D eigenvalue weighted by Gasteiger charge is 2.67. The predicted molar refractivity (Wildman–Crippen MR) is 257 cm³/mol. The van der Waals surface area contributed by atoms with Crippen LogP contribution in [0.3, 0.4) is 0 Å². The van der Waals surface area contributed by atoms with E-state index in [1.165, 1.54) is 80.9 Å². The second-order valence-electron chi connectivity index (χ2n) is 20.3. The van der Waals surface area contributed by atoms with Crippen molar-refractivity contribution < 1.29 is 0 Å². The Morgan fingerprint density at radius 2 is 1.29 bits per heavy atom. The first-order valence-corrected chi connectivity index (χ1v) is 22.6. The lowest BCUT2D eigenvalue weighted by molar-refractivity contribution is 0.161. The predicted octanol–water partition coefficient (Wildman–Crippen LogP) is 18.3. The monoisotopic (exact) mass is 761 g/mol. The lowest BCUT2D eigenvalue weighted by atomic mass is 9.68. The van der Waals surface area contributed by atoms with Crippen molar-refractivity contribution in [1.29, 1.82) is 0 Å². The Morgan fingerprint density at radius 3 is 1.65 bits per heavy atom. The Balaban J connectivity index is -0.000000709. The lowest BCUT2D eigenvalue weighted by Gasteiger charge is -2.37. The standard InChI is InChI=1S/C23H36.C11H20.C11H24.C4H8.2C3H6/c1-9-11-13-19(18(6)17(5)15(3)12-10-2)21-16(4)14-20-22(21)23(20,7)8;1-4-10(2)11(3)8-6-5-7-9-11;1-9(2)7-8-10(3)11(4,5)6;1-4(2)3;2*1-3-2/h1,15-16,19-22H,5-6,10-14H2,2-4,7-8H3;4,10H,1,5-9H2,2-3H3;9-10H,7-8H2,1-6H3;1H2,2-3H3;2*3H,1H2,2H3. The molecule has 3 rings (SSSR count). The van der Waals surface area contributed by atoms with E-state index in [1.807, 2.05) is 27.7 Å². The van der Waals surface area contributed by atoms with Gasteiger partial charge in [0.15, 0.2) is 0 Å². The van der Waals surface area contributed by atoms with Crippen LogP contribution in [0.1, 0.15) is 195 Å². The molecule has 0 heterocycles. The molecule has 3 aliphatic carbocycles. The third-order valence-corrected chi connectivity index (χ3v) is 13.2. The molecule has 0 amide bonds. The average molecular weight is 761 g/mol. The van der Waals surface area contributed by atoms with Gasteiger partial charge in [-0.25, -0.2) is 0 Å². The fraction of sp³-hybridized carbons (Fsp3) is 0.745. The van der Waals surface area contributed by atoms with E-state index < -0.39 is 0 Å². The smallest absolute Gasteiger partial charge is 0.00919 e. The summed E-state index contributed by atoms with van der Waals surface area (Å²) in [5, 5.41) is 0. The van der Waals surface area contributed by atoms with Gasteiger partial charge in [-0.2, -0.15) is 0 Å². The second kappa shape index (κ2) is 29.2. The van der Waals surface area contributed by atoms with E-state index in [-0.39, 0.29) is 0 Å². The van der Waals surface area contributed by atoms with Crippen LogP contribution in [-0.2, 0) is 0 Å². The highest BCUT2D eigenvalue weighted by Crippen LogP contribution is 2.72. The van der Waals surface area contributed by atoms with Gasteiger partial charge in [-0.1, -0.05) is 159 Å². The van der Waals surface area contributed by atoms with Crippen LogP contribution in [0.2, 0.25) is 0 Å². The van der Waals surface area contributed by atoms with Crippen LogP contribution >= 0.6 is 0 Å². The average Bonchev–Trinajstić information content (AvgIpc) is 3.40. The van der Waals surface area contributed by atoms with E-state index in [4.69, 9.17) is 6.42 Å². The normalized spacial score (nSPS) is 23.2. The van der Waals surface area contributed by atoms with Gasteiger partial charge >= 0.3 is 0 Å². The van der Waals surface area contributed by atoms with E-state index in [1.54, 1.807) is 12.2 Å². The number of fused-ring (bicyclic) bond motifs is 1. The van der Waals surface area contributed by atoms with Gasteiger partial charge in [0.25, 0.3) is 0 Å². The summed E-state index contributed by atoms with van der Waals surface area (Å²) in [6.07, 6.45) is 26.8. The Labute approximate surface area is 349 Å². The van der Waals surface area contributed by atoms with Crippen molar-refractivity contribution in [2.24, 2.45) is 69.5 Å². The van der Waals surface area contributed by atoms with Gasteiger partial charge in [0.1, 0.15) is 0 Å². The number of hydrogen-bond acceptors (Lipinski definition) is 0. The van der Waals surface area contributed by atoms with Crippen LogP contribution in [0, 0.1) is 81.8 Å². The molecule has 0 N–H and O–H groups in total. The highest BCUT2D eigenvalue weighted by molar-refractivity contribution is 5.32. The Bertz CT molecular complexity index is 1110. The molecule has 0 aromatic rings. The SMILES string of the molecule is C#CCCC(C(=C)C(=C)C(C)CCC)C1C(C)CC2C1C2(C)C.C=C(C)C.C=CC.C=CC.C=CC(C)C1(C)CCCCC1.CC(C)CCC(C)C(C)(C)C. The summed E-state index contributed by atoms with van der Waals surface area (Å²) in [6, 6.07) is 0. The molecule has 0 spiro atoms. The molecular formula is C55H100. The molecule has 8 atom stereocenters. The fourth-order valence-corrected chi connectivity index (χ4v) is 8.67. The van der Waals surface area contributed by atoms with Crippen LogP contribution < -0.4 is 0 Å². The number of terminal acetylenes is 1. The molecule has 3 fully saturated rings. The summed E-state index contributed by atoms with van der Waals surface area (Å²) in [5.74, 6) is 9.68. The molecule has 0 aromatic carbocycles. The Hall–Kier alpha value is -2.00. The van der Waals surface area contributed by atoms with Gasteiger partial charge in [-0.05, 0) is 147 Å². The molecular weight excluding hydrogens is 661 g/mol. The molecule has 0 aliphatic heterocycles. The number of hydrogen-bond donors (Lipinski definition) is 0. The third-order valence-electron chi connectivity index (χ3n) is 13.2. The molecule has 0 radical (unpaired) electrons. The molecule has 0 saturated heterocycles. The second-order valence-corrected chi connectivity index (χ2v) is 20.3. The lowest BCUT2D eigenvalue weighted by Crippen LogP contribution is -2.26. The first-order valence-electron chi connectivity index (χ1n) is 22.6. The fourth-order valence-electron chi connectivity index (χ4n) is 8.67. The molecule has 320 valence electrons. The van der Waals surface area contributed by atoms with Crippen molar-refractivity contribution in [3.63, 3.8) is 0 Å². The number of rotatable bonds is 13. The highest BCUT2D eigenvalue weighted by atomic mass is 14.7. The first kappa shape index (κ1) is 57.3. The summed E-state index contributed by atoms with van der Waals surface area (Å²) < 4.78 is 0. The molecule has 3 saturated carbocycles. The molecule has 0 bridgehead atoms. The molecule has 8 unspecified atom stereocenters. The summed E-state index contributed by atoms with van der Waals surface area (Å²) in [4.78, 5) is 0. The maximum Gasteiger partial charge on any atom is 0.00919 e. The van der Waals surface area contributed by atoms with Crippen molar-refractivity contribution in [2.75, 3.05) is 0 Å². The summed E-state index contributed by atoms with van der Waals surface area (Å²) in [7, 11) is 0. The van der Waals surface area contributed by atoms with Gasteiger partial charge in [-0.3, -0.25) is 0 Å². The van der Waals surface area contributed by atoms with Crippen LogP contribution in [0.25, 0.3) is 0 Å². The largest absolute Gasteiger partial charge is 0.120 e. The zero-order valence-corrected chi connectivity index (χ0v) is 40.7. The van der Waals surface area contributed by atoms with E-state index in [9.17, 15) is 0 Å². The topological polar surface area (TPSA) is 0 Å². The van der Waals surface area contributed by atoms with Crippen LogP contribution in [0.4, 0.5) is 0 Å². The molecule has 0 aromatic heterocycles. The maximum atomic E-state index is 5.59. The van der Waals surface area contributed by atoms with Crippen molar-refractivity contribution in [2.45, 2.75) is 195 Å². The summed E-state index contributed by atoms with van der Waals surface area (Å²) in [6.45, 7) is 61.4. The summed E-state index contributed by atoms with van der Waals surface area (Å²) in [5.41, 5.74) is 5.35. The Morgan fingerprint density at radius 1 is 0.818 bits per heavy atom. The van der Waals surface area contributed by atoms with Crippen molar-refractivity contribution >= 4 is 0 Å². The summed E-state index contributed by atoms with van der Waals surface area (Å²) >= 11 is 0. The van der Waals surface area contributed by atoms with Gasteiger partial charge in [-0.15, -0.1) is 38.7 Å². The minimum Gasteiger partial charge on any atom is -0.120 e. The van der Waals surface area contributed by atoms with Crippen LogP contribution in [0.15, 0.2) is 74.4 Å². The van der Waals surface area contributed by atoms with Crippen LogP contribution in [-0.4, -0.2) is 0 Å². The van der Waals surface area contributed by atoms with Gasteiger partial charge in [0.2, 0.25) is 0 Å².